The molecule has 4 heteroatoms. The molecule has 0 saturated heterocycles. The van der Waals surface area contributed by atoms with Crippen molar-refractivity contribution in [3.8, 4) is 0 Å². The molecule has 0 amide bonds. The first-order valence-corrected chi connectivity index (χ1v) is 2.99. The van der Waals surface area contributed by atoms with Gasteiger partial charge in [-0.3, -0.25) is 0 Å². The van der Waals surface area contributed by atoms with Gasteiger partial charge in [-0.15, -0.1) is 0 Å². The van der Waals surface area contributed by atoms with Crippen molar-refractivity contribution in [2.24, 2.45) is 5.73 Å². The summed E-state index contributed by atoms with van der Waals surface area (Å²) in [6.07, 6.45) is 2.88. The zero-order chi connectivity index (χ0) is 7.40. The lowest BCUT2D eigenvalue weighted by molar-refractivity contribution is 0.536. The second-order valence-corrected chi connectivity index (χ2v) is 1.90. The van der Waals surface area contributed by atoms with Gasteiger partial charge >= 0.3 is 6.08 Å². The van der Waals surface area contributed by atoms with Gasteiger partial charge in [-0.25, -0.2) is 9.97 Å². The van der Waals surface area contributed by atoms with Crippen LogP contribution in [0.5, 0.6) is 0 Å². The predicted molar refractivity (Wildman–Crippen MR) is 34.7 cm³/mol. The fourth-order valence-corrected chi connectivity index (χ4v) is 0.635. The van der Waals surface area contributed by atoms with E-state index in [0.29, 0.717) is 13.0 Å². The monoisotopic (exact) mass is 141 g/mol. The smallest absolute Gasteiger partial charge is 0.308 e. The molecule has 0 aliphatic carbocycles. The Balaban J connectivity index is 2.69. The molecular formula is C6H8FN3. The van der Waals surface area contributed by atoms with Crippen LogP contribution in [0.4, 0.5) is 4.39 Å². The number of hydrogen-bond donors (Lipinski definition) is 1. The van der Waals surface area contributed by atoms with Crippen molar-refractivity contribution in [2.45, 2.75) is 6.42 Å². The number of nitrogens with two attached hydrogens (primary N) is 1. The zero-order valence-electron chi connectivity index (χ0n) is 5.42. The third-order valence-electron chi connectivity index (χ3n) is 1.11. The average molecular weight is 141 g/mol. The first-order valence-electron chi connectivity index (χ1n) is 2.99. The zero-order valence-corrected chi connectivity index (χ0v) is 5.42. The lowest BCUT2D eigenvalue weighted by Gasteiger charge is -1.93. The van der Waals surface area contributed by atoms with Gasteiger partial charge in [-0.1, -0.05) is 0 Å². The highest BCUT2D eigenvalue weighted by Crippen LogP contribution is 1.94. The SMILES string of the molecule is NCCc1cnc(F)nc1. The topological polar surface area (TPSA) is 51.8 Å². The first kappa shape index (κ1) is 7.08. The number of rotatable bonds is 2. The summed E-state index contributed by atoms with van der Waals surface area (Å²) in [6.45, 7) is 0.537. The fraction of sp³-hybridized carbons (Fsp3) is 0.333. The van der Waals surface area contributed by atoms with E-state index in [-0.39, 0.29) is 0 Å². The van der Waals surface area contributed by atoms with Gasteiger partial charge in [0.1, 0.15) is 0 Å². The van der Waals surface area contributed by atoms with Crippen LogP contribution >= 0.6 is 0 Å². The van der Waals surface area contributed by atoms with Crippen molar-refractivity contribution in [3.05, 3.63) is 24.0 Å². The molecule has 0 aliphatic heterocycles. The van der Waals surface area contributed by atoms with Crippen LogP contribution in [-0.4, -0.2) is 16.5 Å². The van der Waals surface area contributed by atoms with Crippen molar-refractivity contribution in [2.75, 3.05) is 6.54 Å². The maximum atomic E-state index is 12.1. The van der Waals surface area contributed by atoms with E-state index >= 15 is 0 Å². The standard InChI is InChI=1S/C6H8FN3/c7-6-9-3-5(1-2-8)4-10-6/h3-4H,1-2,8H2. The molecule has 0 saturated carbocycles. The van der Waals surface area contributed by atoms with Gasteiger partial charge in [0.25, 0.3) is 0 Å². The van der Waals surface area contributed by atoms with Crippen molar-refractivity contribution >= 4 is 0 Å². The quantitative estimate of drug-likeness (QED) is 0.595. The van der Waals surface area contributed by atoms with E-state index in [0.717, 1.165) is 5.56 Å². The highest BCUT2D eigenvalue weighted by molar-refractivity contribution is 5.02. The molecule has 1 aromatic rings. The molecule has 1 aromatic heterocycles. The molecule has 54 valence electrons. The Bertz CT molecular complexity index is 197. The maximum absolute atomic E-state index is 12.1. The molecule has 0 atom stereocenters. The third-order valence-corrected chi connectivity index (χ3v) is 1.11. The van der Waals surface area contributed by atoms with Gasteiger partial charge in [0.05, 0.1) is 0 Å². The van der Waals surface area contributed by atoms with Gasteiger partial charge in [-0.2, -0.15) is 4.39 Å². The molecule has 0 unspecified atom stereocenters. The molecule has 0 spiro atoms. The Labute approximate surface area is 58.1 Å². The van der Waals surface area contributed by atoms with Crippen LogP contribution < -0.4 is 5.73 Å². The van der Waals surface area contributed by atoms with Crippen LogP contribution in [-0.2, 0) is 6.42 Å². The van der Waals surface area contributed by atoms with Crippen molar-refractivity contribution in [1.29, 1.82) is 0 Å². The van der Waals surface area contributed by atoms with Crippen LogP contribution in [0.1, 0.15) is 5.56 Å². The number of nitrogens with zero attached hydrogens (tertiary/aromatic N) is 2. The fourth-order valence-electron chi connectivity index (χ4n) is 0.635. The summed E-state index contributed by atoms with van der Waals surface area (Å²) in [5.41, 5.74) is 6.11. The van der Waals surface area contributed by atoms with E-state index in [2.05, 4.69) is 9.97 Å². The van der Waals surface area contributed by atoms with Crippen molar-refractivity contribution in [3.63, 3.8) is 0 Å². The second-order valence-electron chi connectivity index (χ2n) is 1.90. The maximum Gasteiger partial charge on any atom is 0.308 e. The molecule has 0 bridgehead atoms. The predicted octanol–water partition coefficient (Wildman–Crippen LogP) is 0.117. The van der Waals surface area contributed by atoms with Gasteiger partial charge in [0, 0.05) is 12.4 Å². The molecule has 0 aromatic carbocycles. The van der Waals surface area contributed by atoms with Gasteiger partial charge < -0.3 is 5.73 Å². The van der Waals surface area contributed by atoms with E-state index in [4.69, 9.17) is 5.73 Å². The number of hydrogen-bond acceptors (Lipinski definition) is 3. The normalized spacial score (nSPS) is 9.80. The van der Waals surface area contributed by atoms with Crippen LogP contribution in [0, 0.1) is 6.08 Å². The van der Waals surface area contributed by atoms with Crippen molar-refractivity contribution < 1.29 is 4.39 Å². The molecule has 0 aliphatic rings. The molecular weight excluding hydrogens is 133 g/mol. The first-order chi connectivity index (χ1) is 4.83. The van der Waals surface area contributed by atoms with Crippen LogP contribution in [0.3, 0.4) is 0 Å². The summed E-state index contributed by atoms with van der Waals surface area (Å²) in [5, 5.41) is 0. The molecule has 0 fully saturated rings. The Morgan fingerprint density at radius 1 is 1.40 bits per heavy atom. The summed E-state index contributed by atoms with van der Waals surface area (Å²) in [5.74, 6) is 0. The summed E-state index contributed by atoms with van der Waals surface area (Å²) >= 11 is 0. The Morgan fingerprint density at radius 2 is 2.00 bits per heavy atom. The lowest BCUT2D eigenvalue weighted by atomic mass is 10.2. The highest BCUT2D eigenvalue weighted by Gasteiger charge is 1.92. The second kappa shape index (κ2) is 3.22. The van der Waals surface area contributed by atoms with Crippen LogP contribution in [0.2, 0.25) is 0 Å². The molecule has 1 heterocycles. The molecule has 1 rings (SSSR count). The van der Waals surface area contributed by atoms with Gasteiger partial charge in [0.15, 0.2) is 0 Å². The molecule has 3 nitrogen and oxygen atoms in total. The Morgan fingerprint density at radius 3 is 2.50 bits per heavy atom. The number of aromatic nitrogens is 2. The molecule has 0 radical (unpaired) electrons. The van der Waals surface area contributed by atoms with Crippen LogP contribution in [0.25, 0.3) is 0 Å². The summed E-state index contributed by atoms with van der Waals surface area (Å²) < 4.78 is 12.1. The summed E-state index contributed by atoms with van der Waals surface area (Å²) in [7, 11) is 0. The van der Waals surface area contributed by atoms with Crippen molar-refractivity contribution in [1.82, 2.24) is 9.97 Å². The van der Waals surface area contributed by atoms with Gasteiger partial charge in [0.2, 0.25) is 0 Å². The van der Waals surface area contributed by atoms with Gasteiger partial charge in [-0.05, 0) is 18.5 Å². The summed E-state index contributed by atoms with van der Waals surface area (Å²) in [4.78, 5) is 6.73. The Kier molecular flexibility index (Phi) is 2.28. The Hall–Kier alpha value is -1.03. The lowest BCUT2D eigenvalue weighted by Crippen LogP contribution is -2.03. The highest BCUT2D eigenvalue weighted by atomic mass is 19.1. The van der Waals surface area contributed by atoms with E-state index in [1.807, 2.05) is 0 Å². The van der Waals surface area contributed by atoms with E-state index in [1.54, 1.807) is 0 Å². The van der Waals surface area contributed by atoms with E-state index in [1.165, 1.54) is 12.4 Å². The van der Waals surface area contributed by atoms with E-state index < -0.39 is 6.08 Å². The number of halogens is 1. The molecule has 2 N–H and O–H groups in total. The van der Waals surface area contributed by atoms with E-state index in [9.17, 15) is 4.39 Å². The van der Waals surface area contributed by atoms with Crippen LogP contribution in [0.15, 0.2) is 12.4 Å². The minimum absolute atomic E-state index is 0.537. The molecule has 10 heavy (non-hydrogen) atoms. The largest absolute Gasteiger partial charge is 0.330 e. The summed E-state index contributed by atoms with van der Waals surface area (Å²) in [6, 6.07) is 0. The third kappa shape index (κ3) is 1.73. The average Bonchev–Trinajstić information content (AvgIpc) is 1.95. The minimum Gasteiger partial charge on any atom is -0.330 e. The minimum atomic E-state index is -0.694.